The van der Waals surface area contributed by atoms with Gasteiger partial charge in [-0.15, -0.1) is 11.3 Å². The maximum atomic E-state index is 12.5. The molecule has 0 spiro atoms. The van der Waals surface area contributed by atoms with Crippen molar-refractivity contribution in [3.63, 3.8) is 0 Å². The Kier molecular flexibility index (Phi) is 3.63. The van der Waals surface area contributed by atoms with E-state index < -0.39 is 0 Å². The van der Waals surface area contributed by atoms with Gasteiger partial charge in [-0.1, -0.05) is 6.07 Å². The molecule has 18 heavy (non-hydrogen) atoms. The molecule has 0 radical (unpaired) electrons. The lowest BCUT2D eigenvalue weighted by Crippen LogP contribution is -2.49. The van der Waals surface area contributed by atoms with Crippen LogP contribution < -0.4 is 5.32 Å². The minimum atomic E-state index is -0.292. The standard InChI is InChI=1S/C13H18N2O2S/c16-13(11-9-14-5-7-17-11)15-6-1-3-10(15)12-4-2-8-18-12/h2,4,8,10-11,14H,1,3,5-7,9H2. The largest absolute Gasteiger partial charge is 0.366 e. The van der Waals surface area contributed by atoms with Crippen molar-refractivity contribution < 1.29 is 9.53 Å². The molecule has 0 aromatic carbocycles. The number of ether oxygens (including phenoxy) is 1. The number of morpholine rings is 1. The number of carbonyl (C=O) groups is 1. The van der Waals surface area contributed by atoms with Crippen LogP contribution >= 0.6 is 11.3 Å². The van der Waals surface area contributed by atoms with E-state index in [4.69, 9.17) is 4.74 Å². The molecule has 0 saturated carbocycles. The van der Waals surface area contributed by atoms with Crippen LogP contribution in [0.3, 0.4) is 0 Å². The number of nitrogens with zero attached hydrogens (tertiary/aromatic N) is 1. The Balaban J connectivity index is 1.72. The number of carbonyl (C=O) groups excluding carboxylic acids is 1. The van der Waals surface area contributed by atoms with Crippen LogP contribution in [0, 0.1) is 0 Å². The Bertz CT molecular complexity index is 401. The van der Waals surface area contributed by atoms with Crippen molar-refractivity contribution in [1.82, 2.24) is 10.2 Å². The smallest absolute Gasteiger partial charge is 0.253 e. The lowest BCUT2D eigenvalue weighted by Gasteiger charge is -2.30. The van der Waals surface area contributed by atoms with Gasteiger partial charge in [0.15, 0.2) is 0 Å². The van der Waals surface area contributed by atoms with Gasteiger partial charge in [-0.2, -0.15) is 0 Å². The van der Waals surface area contributed by atoms with Crippen molar-refractivity contribution in [2.75, 3.05) is 26.2 Å². The van der Waals surface area contributed by atoms with Gasteiger partial charge in [0.2, 0.25) is 0 Å². The summed E-state index contributed by atoms with van der Waals surface area (Å²) in [7, 11) is 0. The van der Waals surface area contributed by atoms with E-state index in [1.54, 1.807) is 11.3 Å². The van der Waals surface area contributed by atoms with Gasteiger partial charge in [0.1, 0.15) is 6.10 Å². The van der Waals surface area contributed by atoms with Gasteiger partial charge in [-0.25, -0.2) is 0 Å². The second-order valence-electron chi connectivity index (χ2n) is 4.77. The van der Waals surface area contributed by atoms with Gasteiger partial charge < -0.3 is 15.0 Å². The fourth-order valence-electron chi connectivity index (χ4n) is 2.72. The lowest BCUT2D eigenvalue weighted by atomic mass is 10.1. The first-order valence-corrected chi connectivity index (χ1v) is 7.40. The number of hydrogen-bond acceptors (Lipinski definition) is 4. The van der Waals surface area contributed by atoms with Crippen molar-refractivity contribution in [3.8, 4) is 0 Å². The maximum Gasteiger partial charge on any atom is 0.253 e. The first kappa shape index (κ1) is 12.1. The van der Waals surface area contributed by atoms with E-state index in [9.17, 15) is 4.79 Å². The summed E-state index contributed by atoms with van der Waals surface area (Å²) in [5.41, 5.74) is 0. The predicted octanol–water partition coefficient (Wildman–Crippen LogP) is 1.40. The number of nitrogens with one attached hydrogen (secondary N) is 1. The minimum absolute atomic E-state index is 0.151. The highest BCUT2D eigenvalue weighted by molar-refractivity contribution is 7.10. The monoisotopic (exact) mass is 266 g/mol. The van der Waals surface area contributed by atoms with Gasteiger partial charge in [-0.05, 0) is 24.3 Å². The number of thiophene rings is 1. The quantitative estimate of drug-likeness (QED) is 0.880. The van der Waals surface area contributed by atoms with Crippen LogP contribution in [-0.2, 0) is 9.53 Å². The number of likely N-dealkylation sites (tertiary alicyclic amines) is 1. The molecule has 5 heteroatoms. The Morgan fingerprint density at radius 1 is 1.56 bits per heavy atom. The van der Waals surface area contributed by atoms with Crippen LogP contribution in [0.25, 0.3) is 0 Å². The molecular formula is C13H18N2O2S. The Labute approximate surface area is 111 Å². The Hall–Kier alpha value is -0.910. The van der Waals surface area contributed by atoms with E-state index in [1.807, 2.05) is 4.90 Å². The molecule has 4 nitrogen and oxygen atoms in total. The molecule has 2 unspecified atom stereocenters. The van der Waals surface area contributed by atoms with E-state index in [0.717, 1.165) is 25.9 Å². The molecule has 2 aliphatic rings. The average Bonchev–Trinajstić information content (AvgIpc) is 3.09. The van der Waals surface area contributed by atoms with E-state index in [0.29, 0.717) is 13.2 Å². The van der Waals surface area contributed by atoms with Crippen LogP contribution in [0.15, 0.2) is 17.5 Å². The van der Waals surface area contributed by atoms with Gasteiger partial charge in [0.25, 0.3) is 5.91 Å². The Morgan fingerprint density at radius 3 is 3.22 bits per heavy atom. The predicted molar refractivity (Wildman–Crippen MR) is 70.6 cm³/mol. The summed E-state index contributed by atoms with van der Waals surface area (Å²) in [5, 5.41) is 5.30. The second kappa shape index (κ2) is 5.38. The molecular weight excluding hydrogens is 248 g/mol. The number of rotatable bonds is 2. The normalized spacial score (nSPS) is 28.6. The summed E-state index contributed by atoms with van der Waals surface area (Å²) >= 11 is 1.74. The molecule has 0 aliphatic carbocycles. The highest BCUT2D eigenvalue weighted by atomic mass is 32.1. The van der Waals surface area contributed by atoms with Crippen LogP contribution in [-0.4, -0.2) is 43.2 Å². The highest BCUT2D eigenvalue weighted by Gasteiger charge is 2.35. The SMILES string of the molecule is O=C(C1CNCCO1)N1CCCC1c1cccs1. The molecule has 3 rings (SSSR count). The van der Waals surface area contributed by atoms with Crippen molar-refractivity contribution >= 4 is 17.2 Å². The molecule has 2 fully saturated rings. The van der Waals surface area contributed by atoms with E-state index in [2.05, 4.69) is 22.8 Å². The number of hydrogen-bond donors (Lipinski definition) is 1. The third kappa shape index (κ3) is 2.30. The van der Waals surface area contributed by atoms with Gasteiger partial charge >= 0.3 is 0 Å². The zero-order valence-corrected chi connectivity index (χ0v) is 11.1. The van der Waals surface area contributed by atoms with Crippen molar-refractivity contribution in [2.45, 2.75) is 25.0 Å². The first-order valence-electron chi connectivity index (χ1n) is 6.52. The molecule has 1 amide bonds. The van der Waals surface area contributed by atoms with Crippen LogP contribution in [0.1, 0.15) is 23.8 Å². The summed E-state index contributed by atoms with van der Waals surface area (Å²) in [6.07, 6.45) is 1.88. The zero-order valence-electron chi connectivity index (χ0n) is 10.3. The fraction of sp³-hybridized carbons (Fsp3) is 0.615. The van der Waals surface area contributed by atoms with Gasteiger partial charge in [0.05, 0.1) is 12.6 Å². The third-order valence-corrected chi connectivity index (χ3v) is 4.58. The molecule has 1 aromatic rings. The van der Waals surface area contributed by atoms with Gasteiger partial charge in [0, 0.05) is 24.5 Å². The van der Waals surface area contributed by atoms with Crippen molar-refractivity contribution in [2.24, 2.45) is 0 Å². The van der Waals surface area contributed by atoms with Crippen molar-refractivity contribution in [3.05, 3.63) is 22.4 Å². The summed E-state index contributed by atoms with van der Waals surface area (Å²) in [4.78, 5) is 15.8. The minimum Gasteiger partial charge on any atom is -0.366 e. The van der Waals surface area contributed by atoms with Crippen LogP contribution in [0.4, 0.5) is 0 Å². The molecule has 0 bridgehead atoms. The van der Waals surface area contributed by atoms with Crippen LogP contribution in [0.5, 0.6) is 0 Å². The zero-order chi connectivity index (χ0) is 12.4. The first-order chi connectivity index (χ1) is 8.86. The molecule has 3 heterocycles. The Morgan fingerprint density at radius 2 is 2.50 bits per heavy atom. The third-order valence-electron chi connectivity index (χ3n) is 3.61. The van der Waals surface area contributed by atoms with E-state index in [1.165, 1.54) is 4.88 Å². The molecule has 2 aliphatic heterocycles. The van der Waals surface area contributed by atoms with E-state index in [-0.39, 0.29) is 18.1 Å². The van der Waals surface area contributed by atoms with Crippen molar-refractivity contribution in [1.29, 1.82) is 0 Å². The summed E-state index contributed by atoms with van der Waals surface area (Å²) < 4.78 is 5.57. The molecule has 1 aromatic heterocycles. The molecule has 98 valence electrons. The fourth-order valence-corrected chi connectivity index (χ4v) is 3.59. The average molecular weight is 266 g/mol. The maximum absolute atomic E-state index is 12.5. The lowest BCUT2D eigenvalue weighted by molar-refractivity contribution is -0.146. The number of amides is 1. The van der Waals surface area contributed by atoms with Gasteiger partial charge in [-0.3, -0.25) is 4.79 Å². The highest BCUT2D eigenvalue weighted by Crippen LogP contribution is 2.35. The summed E-state index contributed by atoms with van der Waals surface area (Å²) in [6, 6.07) is 4.45. The second-order valence-corrected chi connectivity index (χ2v) is 5.75. The summed E-state index contributed by atoms with van der Waals surface area (Å²) in [5.74, 6) is 0.151. The molecule has 2 saturated heterocycles. The van der Waals surface area contributed by atoms with E-state index >= 15 is 0 Å². The summed E-state index contributed by atoms with van der Waals surface area (Å²) in [6.45, 7) is 2.99. The molecule has 1 N–H and O–H groups in total. The van der Waals surface area contributed by atoms with Crippen LogP contribution in [0.2, 0.25) is 0 Å². The topological polar surface area (TPSA) is 41.6 Å². The molecule has 2 atom stereocenters.